The van der Waals surface area contributed by atoms with Crippen LogP contribution in [0.15, 0.2) is 54.6 Å². The molecule has 27 heavy (non-hydrogen) atoms. The van der Waals surface area contributed by atoms with Gasteiger partial charge in [0, 0.05) is 19.8 Å². The first-order valence-corrected chi connectivity index (χ1v) is 9.35. The van der Waals surface area contributed by atoms with E-state index >= 15 is 0 Å². The van der Waals surface area contributed by atoms with Crippen LogP contribution in [0.4, 0.5) is 30.7 Å². The topological polar surface area (TPSA) is 18.5 Å². The highest BCUT2D eigenvalue weighted by molar-refractivity contribution is 6.92. The number of halogens is 7. The summed E-state index contributed by atoms with van der Waals surface area (Å²) in [4.78, 5) is 0. The zero-order chi connectivity index (χ0) is 20.5. The Bertz CT molecular complexity index is 774. The molecule has 10 heteroatoms. The van der Waals surface area contributed by atoms with Crippen molar-refractivity contribution in [3.63, 3.8) is 0 Å². The first-order valence-electron chi connectivity index (χ1n) is 7.53. The molecular formula is C17H15F7O2Si. The molecule has 0 aliphatic carbocycles. The number of alkyl halides is 7. The minimum Gasteiger partial charge on any atom is -0.391 e. The highest BCUT2D eigenvalue weighted by Gasteiger charge is 2.73. The van der Waals surface area contributed by atoms with Crippen LogP contribution in [0.1, 0.15) is 5.56 Å². The molecule has 2 aromatic carbocycles. The molecule has 0 spiro atoms. The Balaban J connectivity index is 2.63. The molecule has 0 unspecified atom stereocenters. The molecule has 2 aromatic rings. The van der Waals surface area contributed by atoms with E-state index in [1.807, 2.05) is 0 Å². The predicted octanol–water partition coefficient (Wildman–Crippen LogP) is 3.83. The number of benzene rings is 2. The third kappa shape index (κ3) is 3.48. The molecule has 0 aromatic heterocycles. The molecule has 0 N–H and O–H groups in total. The van der Waals surface area contributed by atoms with Crippen LogP contribution < -0.4 is 10.4 Å². The van der Waals surface area contributed by atoms with Crippen molar-refractivity contribution in [3.8, 4) is 0 Å². The maximum Gasteiger partial charge on any atom is 0.460 e. The third-order valence-electron chi connectivity index (χ3n) is 4.08. The highest BCUT2D eigenvalue weighted by Crippen LogP contribution is 2.51. The van der Waals surface area contributed by atoms with Crippen molar-refractivity contribution in [2.75, 3.05) is 14.2 Å². The monoisotopic (exact) mass is 412 g/mol. The largest absolute Gasteiger partial charge is 0.460 e. The van der Waals surface area contributed by atoms with E-state index < -0.39 is 32.1 Å². The second-order valence-corrected chi connectivity index (χ2v) is 8.82. The zero-order valence-corrected chi connectivity index (χ0v) is 15.2. The van der Waals surface area contributed by atoms with Gasteiger partial charge < -0.3 is 8.85 Å². The average Bonchev–Trinajstić information content (AvgIpc) is 2.63. The molecule has 148 valence electrons. The molecule has 0 saturated heterocycles. The van der Waals surface area contributed by atoms with Gasteiger partial charge in [0.15, 0.2) is 0 Å². The third-order valence-corrected chi connectivity index (χ3v) is 7.40. The molecule has 0 bridgehead atoms. The molecule has 0 aliphatic heterocycles. The highest BCUT2D eigenvalue weighted by atomic mass is 28.4. The average molecular weight is 412 g/mol. The van der Waals surface area contributed by atoms with Crippen molar-refractivity contribution >= 4 is 18.9 Å². The molecule has 0 fully saturated rings. The van der Waals surface area contributed by atoms with Gasteiger partial charge in [-0.05, 0) is 16.4 Å². The van der Waals surface area contributed by atoms with E-state index in [4.69, 9.17) is 8.85 Å². The van der Waals surface area contributed by atoms with Crippen molar-refractivity contribution in [1.82, 2.24) is 0 Å². The fraction of sp³-hybridized carbons (Fsp3) is 0.294. The maximum atomic E-state index is 14.1. The fourth-order valence-electron chi connectivity index (χ4n) is 2.66. The van der Waals surface area contributed by atoms with Crippen LogP contribution >= 0.6 is 0 Å². The minimum atomic E-state index is -6.41. The molecule has 0 aliphatic rings. The van der Waals surface area contributed by atoms with E-state index in [1.54, 1.807) is 30.3 Å². The molecule has 0 radical (unpaired) electrons. The second kappa shape index (κ2) is 7.25. The van der Waals surface area contributed by atoms with E-state index in [-0.39, 0.29) is 5.19 Å². The Morgan fingerprint density at radius 2 is 1.22 bits per heavy atom. The van der Waals surface area contributed by atoms with Gasteiger partial charge in [0.2, 0.25) is 0 Å². The maximum absolute atomic E-state index is 14.1. The molecule has 2 nitrogen and oxygen atoms in total. The summed E-state index contributed by atoms with van der Waals surface area (Å²) in [6.45, 7) is 0. The van der Waals surface area contributed by atoms with Crippen LogP contribution in [0.25, 0.3) is 0 Å². The smallest absolute Gasteiger partial charge is 0.391 e. The lowest BCUT2D eigenvalue weighted by Crippen LogP contribution is -2.62. The van der Waals surface area contributed by atoms with Crippen LogP contribution in [-0.2, 0) is 14.8 Å². The van der Waals surface area contributed by atoms with Crippen molar-refractivity contribution in [3.05, 3.63) is 60.2 Å². The van der Waals surface area contributed by atoms with Gasteiger partial charge in [0.25, 0.3) is 0 Å². The number of hydrogen-bond acceptors (Lipinski definition) is 2. The Labute approximate surface area is 151 Å². The lowest BCUT2D eigenvalue weighted by atomic mass is 10.0. The summed E-state index contributed by atoms with van der Waals surface area (Å²) in [5.41, 5.74) is -1.48. The molecule has 0 saturated carbocycles. The first-order chi connectivity index (χ1) is 12.4. The van der Waals surface area contributed by atoms with Crippen LogP contribution in [-0.4, -0.2) is 34.9 Å². The van der Waals surface area contributed by atoms with E-state index in [0.717, 1.165) is 6.07 Å². The van der Waals surface area contributed by atoms with E-state index in [2.05, 4.69) is 0 Å². The predicted molar refractivity (Wildman–Crippen MR) is 86.8 cm³/mol. The number of hydrogen-bond donors (Lipinski definition) is 0. The summed E-state index contributed by atoms with van der Waals surface area (Å²) in [6, 6.07) is 11.5. The van der Waals surface area contributed by atoms with Crippen molar-refractivity contribution in [2.24, 2.45) is 0 Å². The van der Waals surface area contributed by atoms with Gasteiger partial charge in [-0.1, -0.05) is 48.5 Å². The molecule has 2 rings (SSSR count). The summed E-state index contributed by atoms with van der Waals surface area (Å²) in [5, 5.41) is 0.437. The van der Waals surface area contributed by atoms with Gasteiger partial charge >= 0.3 is 26.6 Å². The van der Waals surface area contributed by atoms with Gasteiger partial charge in [-0.3, -0.25) is 0 Å². The van der Waals surface area contributed by atoms with Crippen LogP contribution in [0.3, 0.4) is 0 Å². The summed E-state index contributed by atoms with van der Waals surface area (Å²) in [6.07, 6.45) is -6.41. The number of rotatable bonds is 6. The lowest BCUT2D eigenvalue weighted by Gasteiger charge is -2.31. The minimum absolute atomic E-state index is 0.0335. The van der Waals surface area contributed by atoms with Gasteiger partial charge in [-0.15, -0.1) is 0 Å². The zero-order valence-electron chi connectivity index (χ0n) is 14.2. The Morgan fingerprint density at radius 1 is 0.704 bits per heavy atom. The van der Waals surface area contributed by atoms with Gasteiger partial charge in [-0.2, -0.15) is 30.7 Å². The fourth-order valence-corrected chi connectivity index (χ4v) is 5.39. The Kier molecular flexibility index (Phi) is 5.74. The van der Waals surface area contributed by atoms with Crippen molar-refractivity contribution in [2.45, 2.75) is 18.0 Å². The van der Waals surface area contributed by atoms with Crippen LogP contribution in [0, 0.1) is 0 Å². The van der Waals surface area contributed by atoms with Crippen molar-refractivity contribution in [1.29, 1.82) is 0 Å². The molecule has 0 atom stereocenters. The van der Waals surface area contributed by atoms with E-state index in [1.165, 1.54) is 20.3 Å². The summed E-state index contributed by atoms with van der Waals surface area (Å²) in [7, 11) is -1.07. The normalized spacial score (nSPS) is 13.7. The SMILES string of the molecule is CO[Si](OC)(c1ccccc1)c1cccc(C(F)(F)C(F)(F)C(F)(F)F)c1. The first kappa shape index (κ1) is 21.4. The standard InChI is InChI=1S/C17H15F7O2Si/c1-25-27(26-2,13-8-4-3-5-9-13)14-10-6-7-12(11-14)15(18,19)16(20,21)17(22,23)24/h3-11H,1-2H3. The quantitative estimate of drug-likeness (QED) is 0.531. The van der Waals surface area contributed by atoms with Crippen molar-refractivity contribution < 1.29 is 39.6 Å². The van der Waals surface area contributed by atoms with Crippen LogP contribution in [0.5, 0.6) is 0 Å². The van der Waals surface area contributed by atoms with Crippen LogP contribution in [0.2, 0.25) is 0 Å². The summed E-state index contributed by atoms with van der Waals surface area (Å²) in [5.74, 6) is -11.7. The van der Waals surface area contributed by atoms with E-state index in [9.17, 15) is 30.7 Å². The molecule has 0 amide bonds. The van der Waals surface area contributed by atoms with Gasteiger partial charge in [0.1, 0.15) is 0 Å². The molecule has 0 heterocycles. The summed E-state index contributed by atoms with van der Waals surface area (Å²) < 4.78 is 103. The summed E-state index contributed by atoms with van der Waals surface area (Å²) >= 11 is 0. The lowest BCUT2D eigenvalue weighted by molar-refractivity contribution is -0.359. The van der Waals surface area contributed by atoms with E-state index in [0.29, 0.717) is 17.3 Å². The Morgan fingerprint density at radius 3 is 1.70 bits per heavy atom. The Hall–Kier alpha value is -1.91. The second-order valence-electron chi connectivity index (χ2n) is 5.62. The molecular weight excluding hydrogens is 397 g/mol. The van der Waals surface area contributed by atoms with Gasteiger partial charge in [-0.25, -0.2) is 0 Å². The van der Waals surface area contributed by atoms with Gasteiger partial charge in [0.05, 0.1) is 0 Å².